The Hall–Kier alpha value is -1.32. The van der Waals surface area contributed by atoms with Crippen LogP contribution in [0.5, 0.6) is 0 Å². The largest absolute Gasteiger partial charge is 0.383 e. The first kappa shape index (κ1) is 17.7. The first-order valence-electron chi connectivity index (χ1n) is 6.22. The molecule has 0 fully saturated rings. The van der Waals surface area contributed by atoms with Crippen molar-refractivity contribution in [1.82, 2.24) is 4.72 Å². The van der Waals surface area contributed by atoms with E-state index in [1.54, 1.807) is 14.0 Å². The van der Waals surface area contributed by atoms with Crippen LogP contribution in [0.4, 0.5) is 11.4 Å². The highest BCUT2D eigenvalue weighted by Crippen LogP contribution is 2.30. The van der Waals surface area contributed by atoms with Crippen molar-refractivity contribution in [3.05, 3.63) is 27.8 Å². The molecular weight excluding hydrogens is 314 g/mol. The lowest BCUT2D eigenvalue weighted by Gasteiger charge is -2.13. The van der Waals surface area contributed by atoms with Gasteiger partial charge in [0.25, 0.3) is 5.69 Å². The van der Waals surface area contributed by atoms with Crippen molar-refractivity contribution >= 4 is 33.2 Å². The number of sulfonamides is 1. The number of benzene rings is 1. The van der Waals surface area contributed by atoms with Crippen LogP contribution < -0.4 is 10.0 Å². The van der Waals surface area contributed by atoms with Crippen LogP contribution in [0.3, 0.4) is 0 Å². The molecule has 0 aliphatic heterocycles. The summed E-state index contributed by atoms with van der Waals surface area (Å²) in [6.07, 6.45) is 1.89. The summed E-state index contributed by atoms with van der Waals surface area (Å²) in [4.78, 5) is 10.4. The van der Waals surface area contributed by atoms with Gasteiger partial charge >= 0.3 is 0 Å². The Bertz CT molecular complexity index is 632. The van der Waals surface area contributed by atoms with Gasteiger partial charge in [0.1, 0.15) is 5.69 Å². The lowest BCUT2D eigenvalue weighted by Crippen LogP contribution is -2.30. The molecule has 0 bridgehead atoms. The maximum atomic E-state index is 12.3. The molecule has 0 saturated heterocycles. The molecule has 0 aromatic heterocycles. The molecule has 1 atom stereocenters. The molecule has 0 spiro atoms. The highest BCUT2D eigenvalue weighted by molar-refractivity contribution is 7.99. The Morgan fingerprint density at radius 1 is 1.43 bits per heavy atom. The fourth-order valence-corrected chi connectivity index (χ4v) is 3.44. The Labute approximate surface area is 128 Å². The van der Waals surface area contributed by atoms with Gasteiger partial charge in [-0.3, -0.25) is 10.1 Å². The van der Waals surface area contributed by atoms with Gasteiger partial charge in [-0.15, -0.1) is 0 Å². The second-order valence-corrected chi connectivity index (χ2v) is 7.55. The Balaban J connectivity index is 3.23. The maximum absolute atomic E-state index is 12.3. The molecule has 9 heteroatoms. The van der Waals surface area contributed by atoms with Gasteiger partial charge in [0.05, 0.1) is 9.82 Å². The molecule has 0 amide bonds. The van der Waals surface area contributed by atoms with E-state index < -0.39 is 14.9 Å². The third-order valence-corrected chi connectivity index (χ3v) is 5.55. The van der Waals surface area contributed by atoms with E-state index >= 15 is 0 Å². The van der Waals surface area contributed by atoms with Crippen molar-refractivity contribution in [2.45, 2.75) is 24.0 Å². The molecule has 1 unspecified atom stereocenters. The molecule has 0 saturated carbocycles. The van der Waals surface area contributed by atoms with Crippen LogP contribution in [0.2, 0.25) is 0 Å². The molecule has 2 N–H and O–H groups in total. The van der Waals surface area contributed by atoms with Crippen LogP contribution in [0.1, 0.15) is 12.5 Å². The molecule has 7 nitrogen and oxygen atoms in total. The number of hydrogen-bond donors (Lipinski definition) is 2. The average molecular weight is 333 g/mol. The minimum atomic E-state index is -3.77. The topological polar surface area (TPSA) is 101 Å². The molecule has 0 radical (unpaired) electrons. The van der Waals surface area contributed by atoms with E-state index in [4.69, 9.17) is 0 Å². The molecule has 1 aromatic carbocycles. The highest BCUT2D eigenvalue weighted by Gasteiger charge is 2.23. The SMILES string of the molecule is CNc1cc(C)c(S(=O)(=O)NCC(C)SC)cc1[N+](=O)[O-]. The Morgan fingerprint density at radius 3 is 2.52 bits per heavy atom. The minimum Gasteiger partial charge on any atom is -0.383 e. The van der Waals surface area contributed by atoms with Crippen molar-refractivity contribution in [3.8, 4) is 0 Å². The zero-order valence-electron chi connectivity index (χ0n) is 12.3. The van der Waals surface area contributed by atoms with E-state index in [1.807, 2.05) is 13.2 Å². The van der Waals surface area contributed by atoms with Gasteiger partial charge in [0, 0.05) is 24.9 Å². The molecule has 0 aliphatic rings. The van der Waals surface area contributed by atoms with E-state index in [1.165, 1.54) is 17.8 Å². The number of nitrogens with zero attached hydrogens (tertiary/aromatic N) is 1. The molecular formula is C12H19N3O4S2. The molecule has 0 aliphatic carbocycles. The number of nitro groups is 1. The predicted molar refractivity (Wildman–Crippen MR) is 85.5 cm³/mol. The fourth-order valence-electron chi connectivity index (χ4n) is 1.71. The molecule has 0 heterocycles. The van der Waals surface area contributed by atoms with E-state index in [0.717, 1.165) is 6.07 Å². The average Bonchev–Trinajstić information content (AvgIpc) is 2.43. The summed E-state index contributed by atoms with van der Waals surface area (Å²) in [6, 6.07) is 2.55. The van der Waals surface area contributed by atoms with Crippen molar-refractivity contribution in [2.24, 2.45) is 0 Å². The number of nitrogens with one attached hydrogen (secondary N) is 2. The fraction of sp³-hybridized carbons (Fsp3) is 0.500. The van der Waals surface area contributed by atoms with Crippen molar-refractivity contribution in [2.75, 3.05) is 25.2 Å². The number of anilines is 1. The van der Waals surface area contributed by atoms with Crippen molar-refractivity contribution in [1.29, 1.82) is 0 Å². The van der Waals surface area contributed by atoms with Crippen LogP contribution in [0, 0.1) is 17.0 Å². The van der Waals surface area contributed by atoms with Crippen LogP contribution in [0.15, 0.2) is 17.0 Å². The quantitative estimate of drug-likeness (QED) is 0.584. The first-order valence-corrected chi connectivity index (χ1v) is 8.99. The van der Waals surface area contributed by atoms with Crippen LogP contribution >= 0.6 is 11.8 Å². The third-order valence-electron chi connectivity index (χ3n) is 3.01. The maximum Gasteiger partial charge on any atom is 0.293 e. The second-order valence-electron chi connectivity index (χ2n) is 4.54. The monoisotopic (exact) mass is 333 g/mol. The Kier molecular flexibility index (Phi) is 5.99. The lowest BCUT2D eigenvalue weighted by atomic mass is 10.2. The number of thioether (sulfide) groups is 1. The van der Waals surface area contributed by atoms with E-state index in [0.29, 0.717) is 5.56 Å². The van der Waals surface area contributed by atoms with Gasteiger partial charge in [0.2, 0.25) is 10.0 Å². The normalized spacial score (nSPS) is 13.0. The number of aryl methyl sites for hydroxylation is 1. The van der Waals surface area contributed by atoms with Crippen LogP contribution in [-0.2, 0) is 10.0 Å². The number of hydrogen-bond acceptors (Lipinski definition) is 6. The Morgan fingerprint density at radius 2 is 2.05 bits per heavy atom. The summed E-state index contributed by atoms with van der Waals surface area (Å²) >= 11 is 1.53. The summed E-state index contributed by atoms with van der Waals surface area (Å²) < 4.78 is 27.0. The first-order chi connectivity index (χ1) is 9.72. The minimum absolute atomic E-state index is 0.0681. The zero-order valence-corrected chi connectivity index (χ0v) is 14.0. The van der Waals surface area contributed by atoms with Gasteiger partial charge in [-0.1, -0.05) is 6.92 Å². The number of rotatable bonds is 7. The van der Waals surface area contributed by atoms with Gasteiger partial charge < -0.3 is 5.32 Å². The summed E-state index contributed by atoms with van der Waals surface area (Å²) in [6.45, 7) is 3.77. The summed E-state index contributed by atoms with van der Waals surface area (Å²) in [7, 11) is -2.22. The lowest BCUT2D eigenvalue weighted by molar-refractivity contribution is -0.384. The molecule has 21 heavy (non-hydrogen) atoms. The summed E-state index contributed by atoms with van der Waals surface area (Å²) in [5, 5.41) is 13.8. The number of nitro benzene ring substituents is 1. The van der Waals surface area contributed by atoms with Gasteiger partial charge in [-0.2, -0.15) is 11.8 Å². The van der Waals surface area contributed by atoms with Gasteiger partial charge in [0.15, 0.2) is 0 Å². The van der Waals surface area contributed by atoms with Crippen molar-refractivity contribution in [3.63, 3.8) is 0 Å². The highest BCUT2D eigenvalue weighted by atomic mass is 32.2. The summed E-state index contributed by atoms with van der Waals surface area (Å²) in [5.74, 6) is 0. The molecule has 118 valence electrons. The van der Waals surface area contributed by atoms with Crippen molar-refractivity contribution < 1.29 is 13.3 Å². The van der Waals surface area contributed by atoms with Gasteiger partial charge in [-0.05, 0) is 24.8 Å². The van der Waals surface area contributed by atoms with E-state index in [9.17, 15) is 18.5 Å². The summed E-state index contributed by atoms with van der Waals surface area (Å²) in [5.41, 5.74) is 0.476. The van der Waals surface area contributed by atoms with E-state index in [-0.39, 0.29) is 28.1 Å². The smallest absolute Gasteiger partial charge is 0.293 e. The predicted octanol–water partition coefficient (Wildman–Crippen LogP) is 1.97. The third kappa shape index (κ3) is 4.32. The van der Waals surface area contributed by atoms with Crippen LogP contribution in [0.25, 0.3) is 0 Å². The zero-order chi connectivity index (χ0) is 16.2. The second kappa shape index (κ2) is 7.10. The standard InChI is InChI=1S/C12H19N3O4S2/c1-8-5-10(13-3)11(15(16)17)6-12(8)21(18,19)14-7-9(2)20-4/h5-6,9,13-14H,7H2,1-4H3. The van der Waals surface area contributed by atoms with Gasteiger partial charge in [-0.25, -0.2) is 13.1 Å². The molecule has 1 rings (SSSR count). The molecule has 1 aromatic rings. The van der Waals surface area contributed by atoms with E-state index in [2.05, 4.69) is 10.0 Å². The van der Waals surface area contributed by atoms with Crippen LogP contribution in [-0.4, -0.2) is 38.4 Å².